The van der Waals surface area contributed by atoms with Crippen LogP contribution in [0.2, 0.25) is 0 Å². The molecule has 0 radical (unpaired) electrons. The third kappa shape index (κ3) is 3.07. The summed E-state index contributed by atoms with van der Waals surface area (Å²) in [6, 6.07) is 6.61. The minimum Gasteiger partial charge on any atom is -0.371 e. The topological polar surface area (TPSA) is 29.3 Å². The first kappa shape index (κ1) is 13.9. The van der Waals surface area contributed by atoms with Crippen molar-refractivity contribution in [2.45, 2.75) is 39.2 Å². The van der Waals surface area contributed by atoms with E-state index in [2.05, 4.69) is 46.0 Å². The molecule has 100 valence electrons. The maximum absolute atomic E-state index is 5.91. The molecule has 0 unspecified atom stereocenters. The van der Waals surface area contributed by atoms with Gasteiger partial charge in [-0.3, -0.25) is 0 Å². The van der Waals surface area contributed by atoms with Gasteiger partial charge in [0.05, 0.1) is 5.69 Å². The highest BCUT2D eigenvalue weighted by Gasteiger charge is 2.19. The number of hydrogen-bond donors (Lipinski definition) is 1. The molecule has 1 aliphatic heterocycles. The highest BCUT2D eigenvalue weighted by atomic mass is 79.9. The zero-order valence-electron chi connectivity index (χ0n) is 11.3. The van der Waals surface area contributed by atoms with Crippen molar-refractivity contribution in [2.75, 3.05) is 18.0 Å². The molecule has 0 saturated carbocycles. The first-order valence-electron chi connectivity index (χ1n) is 6.91. The number of halogens is 1. The normalized spacial score (nSPS) is 19.0. The van der Waals surface area contributed by atoms with Gasteiger partial charge in [0, 0.05) is 23.6 Å². The van der Waals surface area contributed by atoms with Crippen LogP contribution in [0.5, 0.6) is 0 Å². The van der Waals surface area contributed by atoms with Crippen molar-refractivity contribution in [2.24, 2.45) is 11.7 Å². The summed E-state index contributed by atoms with van der Waals surface area (Å²) >= 11 is 3.69. The summed E-state index contributed by atoms with van der Waals surface area (Å²) in [5.74, 6) is 0.920. The fourth-order valence-corrected chi connectivity index (χ4v) is 3.29. The Morgan fingerprint density at radius 2 is 2.06 bits per heavy atom. The zero-order valence-corrected chi connectivity index (χ0v) is 12.9. The summed E-state index contributed by atoms with van der Waals surface area (Å²) in [6.45, 7) is 6.67. The molecule has 0 amide bonds. The number of nitrogens with two attached hydrogens (primary N) is 1. The summed E-state index contributed by atoms with van der Waals surface area (Å²) in [5.41, 5.74) is 8.42. The van der Waals surface area contributed by atoms with Gasteiger partial charge in [0.2, 0.25) is 0 Å². The molecule has 3 heteroatoms. The average molecular weight is 311 g/mol. The van der Waals surface area contributed by atoms with Crippen LogP contribution in [0.15, 0.2) is 22.7 Å². The Labute approximate surface area is 119 Å². The molecule has 1 fully saturated rings. The fraction of sp³-hybridized carbons (Fsp3) is 0.600. The number of nitrogens with zero attached hydrogens (tertiary/aromatic N) is 1. The van der Waals surface area contributed by atoms with Crippen LogP contribution in [0.4, 0.5) is 5.69 Å². The van der Waals surface area contributed by atoms with Crippen molar-refractivity contribution >= 4 is 21.6 Å². The number of hydrogen-bond acceptors (Lipinski definition) is 2. The van der Waals surface area contributed by atoms with Crippen molar-refractivity contribution in [3.8, 4) is 0 Å². The number of rotatable bonds is 3. The van der Waals surface area contributed by atoms with Crippen LogP contribution in [0.1, 0.15) is 44.7 Å². The lowest BCUT2D eigenvalue weighted by Gasteiger charge is -2.34. The van der Waals surface area contributed by atoms with Crippen LogP contribution in [-0.2, 0) is 0 Å². The third-order valence-electron chi connectivity index (χ3n) is 4.03. The van der Waals surface area contributed by atoms with Gasteiger partial charge in [0.25, 0.3) is 0 Å². The molecular formula is C15H23BrN2. The second-order valence-corrected chi connectivity index (χ2v) is 6.19. The molecule has 2 nitrogen and oxygen atoms in total. The largest absolute Gasteiger partial charge is 0.371 e. The van der Waals surface area contributed by atoms with E-state index in [0.29, 0.717) is 0 Å². The average Bonchev–Trinajstić information content (AvgIpc) is 2.38. The molecule has 0 bridgehead atoms. The lowest BCUT2D eigenvalue weighted by molar-refractivity contribution is 0.395. The monoisotopic (exact) mass is 310 g/mol. The van der Waals surface area contributed by atoms with Crippen LogP contribution < -0.4 is 10.6 Å². The van der Waals surface area contributed by atoms with Crippen LogP contribution in [-0.4, -0.2) is 13.1 Å². The minimum atomic E-state index is 0.0983. The van der Waals surface area contributed by atoms with E-state index < -0.39 is 0 Å². The molecule has 1 heterocycles. The van der Waals surface area contributed by atoms with E-state index in [1.165, 1.54) is 48.1 Å². The van der Waals surface area contributed by atoms with Gasteiger partial charge in [-0.25, -0.2) is 0 Å². The molecule has 1 atom stereocenters. The number of anilines is 1. The quantitative estimate of drug-likeness (QED) is 0.911. The highest BCUT2D eigenvalue weighted by Crippen LogP contribution is 2.32. The molecule has 1 aromatic carbocycles. The van der Waals surface area contributed by atoms with Gasteiger partial charge >= 0.3 is 0 Å². The molecule has 2 rings (SSSR count). The van der Waals surface area contributed by atoms with E-state index in [4.69, 9.17) is 5.73 Å². The van der Waals surface area contributed by atoms with E-state index in [1.807, 2.05) is 6.92 Å². The van der Waals surface area contributed by atoms with Crippen molar-refractivity contribution in [1.82, 2.24) is 0 Å². The van der Waals surface area contributed by atoms with Crippen molar-refractivity contribution in [3.05, 3.63) is 28.2 Å². The summed E-state index contributed by atoms with van der Waals surface area (Å²) in [7, 11) is 0. The maximum atomic E-state index is 5.91. The first-order valence-corrected chi connectivity index (χ1v) is 7.71. The van der Waals surface area contributed by atoms with Crippen LogP contribution in [0, 0.1) is 5.92 Å². The third-order valence-corrected chi connectivity index (χ3v) is 4.67. The molecule has 1 aromatic rings. The van der Waals surface area contributed by atoms with Crippen LogP contribution >= 0.6 is 15.9 Å². The zero-order chi connectivity index (χ0) is 13.1. The highest BCUT2D eigenvalue weighted by molar-refractivity contribution is 9.10. The number of piperidine rings is 1. The maximum Gasteiger partial charge on any atom is 0.0510 e. The van der Waals surface area contributed by atoms with E-state index in [0.717, 1.165) is 5.92 Å². The Morgan fingerprint density at radius 1 is 1.39 bits per heavy atom. The molecule has 2 N–H and O–H groups in total. The molecule has 1 saturated heterocycles. The molecule has 0 aromatic heterocycles. The van der Waals surface area contributed by atoms with Gasteiger partial charge in [-0.1, -0.05) is 19.4 Å². The first-order chi connectivity index (χ1) is 8.61. The van der Waals surface area contributed by atoms with E-state index in [1.54, 1.807) is 0 Å². The van der Waals surface area contributed by atoms with E-state index in [9.17, 15) is 0 Å². The van der Waals surface area contributed by atoms with E-state index >= 15 is 0 Å². The lowest BCUT2D eigenvalue weighted by atomic mass is 9.94. The Balaban J connectivity index is 2.10. The Bertz CT molecular complexity index is 395. The van der Waals surface area contributed by atoms with Crippen LogP contribution in [0.25, 0.3) is 0 Å². The Hall–Kier alpha value is -0.540. The summed E-state index contributed by atoms with van der Waals surface area (Å²) in [6.07, 6.45) is 3.95. The summed E-state index contributed by atoms with van der Waals surface area (Å²) < 4.78 is 1.17. The van der Waals surface area contributed by atoms with Crippen molar-refractivity contribution < 1.29 is 0 Å². The van der Waals surface area contributed by atoms with Gasteiger partial charge in [-0.15, -0.1) is 0 Å². The second-order valence-electron chi connectivity index (χ2n) is 5.34. The molecule has 0 spiro atoms. The predicted molar refractivity (Wildman–Crippen MR) is 82.0 cm³/mol. The van der Waals surface area contributed by atoms with Gasteiger partial charge < -0.3 is 10.6 Å². The lowest BCUT2D eigenvalue weighted by Crippen LogP contribution is -2.33. The standard InChI is InChI=1S/C15H23BrN2/c1-3-12-6-8-18(9-7-12)15-5-4-13(11(2)17)10-14(15)16/h4-5,10-12H,3,6-9,17H2,1-2H3/t11-/m1/s1. The van der Waals surface area contributed by atoms with Gasteiger partial charge in [0.1, 0.15) is 0 Å². The number of benzene rings is 1. The molecule has 18 heavy (non-hydrogen) atoms. The Kier molecular flexibility index (Phi) is 4.68. The van der Waals surface area contributed by atoms with Crippen molar-refractivity contribution in [1.29, 1.82) is 0 Å². The Morgan fingerprint density at radius 3 is 2.56 bits per heavy atom. The predicted octanol–water partition coefficient (Wildman–Crippen LogP) is 4.10. The summed E-state index contributed by atoms with van der Waals surface area (Å²) in [5, 5.41) is 0. The minimum absolute atomic E-state index is 0.0983. The second kappa shape index (κ2) is 6.07. The van der Waals surface area contributed by atoms with Gasteiger partial charge in [-0.05, 0) is 59.3 Å². The molecule has 0 aliphatic carbocycles. The van der Waals surface area contributed by atoms with Crippen LogP contribution in [0.3, 0.4) is 0 Å². The molecule has 1 aliphatic rings. The van der Waals surface area contributed by atoms with Gasteiger partial charge in [-0.2, -0.15) is 0 Å². The van der Waals surface area contributed by atoms with Gasteiger partial charge in [0.15, 0.2) is 0 Å². The SMILES string of the molecule is CCC1CCN(c2ccc([C@@H](C)N)cc2Br)CC1. The van der Waals surface area contributed by atoms with Crippen molar-refractivity contribution in [3.63, 3.8) is 0 Å². The smallest absolute Gasteiger partial charge is 0.0510 e. The molecular weight excluding hydrogens is 288 g/mol. The fourth-order valence-electron chi connectivity index (χ4n) is 2.64. The van der Waals surface area contributed by atoms with E-state index in [-0.39, 0.29) is 6.04 Å². The summed E-state index contributed by atoms with van der Waals surface area (Å²) in [4.78, 5) is 2.49.